The van der Waals surface area contributed by atoms with E-state index in [1.807, 2.05) is 30.3 Å². The molecule has 4 aliphatic rings. The summed E-state index contributed by atoms with van der Waals surface area (Å²) in [6, 6.07) is 12.5. The fourth-order valence-corrected chi connectivity index (χ4v) is 5.45. The van der Waals surface area contributed by atoms with Gasteiger partial charge in [-0.3, -0.25) is 9.69 Å². The normalized spacial score (nSPS) is 25.6. The first kappa shape index (κ1) is 21.1. The van der Waals surface area contributed by atoms with E-state index < -0.39 is 0 Å². The minimum atomic E-state index is -0.110. The van der Waals surface area contributed by atoms with Crippen LogP contribution in [0.1, 0.15) is 55.7 Å². The molecule has 32 heavy (non-hydrogen) atoms. The Kier molecular flexibility index (Phi) is 5.96. The monoisotopic (exact) mass is 437 g/mol. The first-order valence-corrected chi connectivity index (χ1v) is 11.6. The lowest BCUT2D eigenvalue weighted by Crippen LogP contribution is -2.49. The molecule has 6 heteroatoms. The van der Waals surface area contributed by atoms with E-state index in [1.165, 1.54) is 12.8 Å². The van der Waals surface area contributed by atoms with Crippen molar-refractivity contribution in [1.29, 1.82) is 0 Å². The molecule has 2 aromatic carbocycles. The molecule has 2 saturated heterocycles. The van der Waals surface area contributed by atoms with Crippen LogP contribution in [0, 0.1) is 0 Å². The molecule has 6 rings (SSSR count). The first-order chi connectivity index (χ1) is 15.6. The van der Waals surface area contributed by atoms with Crippen molar-refractivity contribution in [3.05, 3.63) is 47.5 Å². The Hall–Kier alpha value is -2.73. The van der Waals surface area contributed by atoms with Crippen molar-refractivity contribution < 1.29 is 23.7 Å². The number of piperidine rings is 2. The quantitative estimate of drug-likeness (QED) is 0.614. The molecule has 0 amide bonds. The fraction of sp³-hybridized carbons (Fsp3) is 0.500. The van der Waals surface area contributed by atoms with Crippen LogP contribution in [-0.4, -0.2) is 43.8 Å². The molecule has 0 N–H and O–H groups in total. The molecule has 0 aromatic heterocycles. The van der Waals surface area contributed by atoms with Crippen LogP contribution in [-0.2, 0) is 16.0 Å². The van der Waals surface area contributed by atoms with Crippen LogP contribution in [0.5, 0.6) is 23.0 Å². The van der Waals surface area contributed by atoms with Gasteiger partial charge in [0.1, 0.15) is 11.9 Å². The minimum Gasteiger partial charge on any atom is -0.493 e. The predicted molar refractivity (Wildman–Crippen MR) is 121 cm³/mol. The van der Waals surface area contributed by atoms with E-state index in [0.29, 0.717) is 36.1 Å². The Morgan fingerprint density at radius 2 is 1.84 bits per heavy atom. The van der Waals surface area contributed by atoms with Crippen LogP contribution in [0.3, 0.4) is 0 Å². The first-order valence-electron chi connectivity index (χ1n) is 11.6. The van der Waals surface area contributed by atoms with Crippen LogP contribution in [0.25, 0.3) is 0 Å². The lowest BCUT2D eigenvalue weighted by atomic mass is 9.84. The van der Waals surface area contributed by atoms with Gasteiger partial charge in [-0.2, -0.15) is 0 Å². The van der Waals surface area contributed by atoms with E-state index in [0.717, 1.165) is 42.7 Å². The number of ether oxygens (including phenoxy) is 4. The molecule has 3 unspecified atom stereocenters. The zero-order valence-electron chi connectivity index (χ0n) is 18.8. The van der Waals surface area contributed by atoms with E-state index in [4.69, 9.17) is 18.9 Å². The second-order valence-electron chi connectivity index (χ2n) is 8.99. The van der Waals surface area contributed by atoms with Gasteiger partial charge in [-0.05, 0) is 61.2 Å². The predicted octanol–water partition coefficient (Wildman–Crippen LogP) is 5.04. The van der Waals surface area contributed by atoms with Crippen molar-refractivity contribution in [3.63, 3.8) is 0 Å². The highest BCUT2D eigenvalue weighted by molar-refractivity contribution is 5.70. The van der Waals surface area contributed by atoms with Crippen molar-refractivity contribution in [2.75, 3.05) is 20.8 Å². The van der Waals surface area contributed by atoms with Crippen molar-refractivity contribution in [2.45, 2.75) is 63.1 Å². The average Bonchev–Trinajstić information content (AvgIpc) is 2.82. The van der Waals surface area contributed by atoms with Crippen molar-refractivity contribution >= 4 is 5.97 Å². The van der Waals surface area contributed by atoms with Gasteiger partial charge in [0.25, 0.3) is 0 Å². The Morgan fingerprint density at radius 1 is 1.00 bits per heavy atom. The van der Waals surface area contributed by atoms with Crippen LogP contribution >= 0.6 is 0 Å². The molecule has 0 radical (unpaired) electrons. The van der Waals surface area contributed by atoms with E-state index in [9.17, 15) is 4.79 Å². The summed E-state index contributed by atoms with van der Waals surface area (Å²) < 4.78 is 23.7. The summed E-state index contributed by atoms with van der Waals surface area (Å²) >= 11 is 0. The molecular formula is C26H31NO5. The zero-order valence-corrected chi connectivity index (χ0v) is 18.8. The molecular weight excluding hydrogens is 406 g/mol. The SMILES string of the molecule is COc1cc2cc(c1OC)Oc1ccc(cc1)CCC(=O)OC1CC3CCCCN3C2C1. The lowest BCUT2D eigenvalue weighted by Gasteiger charge is -2.47. The Balaban J connectivity index is 1.61. The third-order valence-electron chi connectivity index (χ3n) is 7.01. The molecule has 0 saturated carbocycles. The fourth-order valence-electron chi connectivity index (χ4n) is 5.45. The van der Waals surface area contributed by atoms with Crippen molar-refractivity contribution in [3.8, 4) is 23.0 Å². The molecule has 6 nitrogen and oxygen atoms in total. The lowest BCUT2D eigenvalue weighted by molar-refractivity contribution is -0.154. The van der Waals surface area contributed by atoms with E-state index >= 15 is 0 Å². The number of nitrogens with zero attached hydrogens (tertiary/aromatic N) is 1. The van der Waals surface area contributed by atoms with Gasteiger partial charge in [0.2, 0.25) is 5.75 Å². The summed E-state index contributed by atoms with van der Waals surface area (Å²) in [6.45, 7) is 1.06. The Morgan fingerprint density at radius 3 is 2.62 bits per heavy atom. The standard InChI is InChI=1S/C26H31NO5/c1-29-23-13-18-14-24(26(23)30-2)31-20-9-6-17(7-10-20)8-11-25(28)32-21-15-19-5-3-4-12-27(19)22(18)16-21/h6-7,9-10,13-14,19,21-22H,3-5,8,11-12,15-16H2,1-2H3. The molecule has 6 bridgehead atoms. The number of esters is 1. The van der Waals surface area contributed by atoms with Gasteiger partial charge in [-0.15, -0.1) is 0 Å². The number of hydrogen-bond acceptors (Lipinski definition) is 6. The highest BCUT2D eigenvalue weighted by Crippen LogP contribution is 2.46. The summed E-state index contributed by atoms with van der Waals surface area (Å²) in [4.78, 5) is 15.2. The number of carbonyl (C=O) groups excluding carboxylic acids is 1. The van der Waals surface area contributed by atoms with E-state index in [1.54, 1.807) is 14.2 Å². The highest BCUT2D eigenvalue weighted by Gasteiger charge is 2.39. The number of carbonyl (C=O) groups is 1. The summed E-state index contributed by atoms with van der Waals surface area (Å²) in [5.74, 6) is 2.48. The van der Waals surface area contributed by atoms with Gasteiger partial charge >= 0.3 is 5.97 Å². The third-order valence-corrected chi connectivity index (χ3v) is 7.01. The Labute approximate surface area is 189 Å². The molecule has 3 atom stereocenters. The van der Waals surface area contributed by atoms with Gasteiger partial charge in [0, 0.05) is 31.3 Å². The van der Waals surface area contributed by atoms with Gasteiger partial charge in [0.05, 0.1) is 14.2 Å². The van der Waals surface area contributed by atoms with Gasteiger partial charge in [-0.1, -0.05) is 18.6 Å². The molecule has 4 heterocycles. The van der Waals surface area contributed by atoms with Crippen LogP contribution in [0.4, 0.5) is 0 Å². The van der Waals surface area contributed by atoms with E-state index in [2.05, 4.69) is 11.0 Å². The Bertz CT molecular complexity index is 973. The second-order valence-corrected chi connectivity index (χ2v) is 8.99. The zero-order chi connectivity index (χ0) is 22.1. The van der Waals surface area contributed by atoms with Crippen molar-refractivity contribution in [1.82, 2.24) is 4.90 Å². The topological polar surface area (TPSA) is 57.2 Å². The number of benzene rings is 2. The molecule has 0 aliphatic carbocycles. The average molecular weight is 438 g/mol. The van der Waals surface area contributed by atoms with Crippen LogP contribution in [0.15, 0.2) is 36.4 Å². The smallest absolute Gasteiger partial charge is 0.306 e. The van der Waals surface area contributed by atoms with Crippen LogP contribution < -0.4 is 14.2 Å². The summed E-state index contributed by atoms with van der Waals surface area (Å²) in [5.41, 5.74) is 2.19. The maximum atomic E-state index is 12.7. The molecule has 170 valence electrons. The summed E-state index contributed by atoms with van der Waals surface area (Å²) in [7, 11) is 3.28. The van der Waals surface area contributed by atoms with Gasteiger partial charge in [0.15, 0.2) is 11.5 Å². The maximum absolute atomic E-state index is 12.7. The summed E-state index contributed by atoms with van der Waals surface area (Å²) in [5, 5.41) is 0. The number of methoxy groups -OCH3 is 2. The van der Waals surface area contributed by atoms with E-state index in [-0.39, 0.29) is 18.1 Å². The highest BCUT2D eigenvalue weighted by atomic mass is 16.5. The molecule has 2 fully saturated rings. The molecule has 4 aliphatic heterocycles. The van der Waals surface area contributed by atoms with Gasteiger partial charge in [-0.25, -0.2) is 0 Å². The molecule has 2 aromatic rings. The number of fused-ring (bicyclic) bond motifs is 6. The van der Waals surface area contributed by atoms with Crippen molar-refractivity contribution in [2.24, 2.45) is 0 Å². The number of rotatable bonds is 2. The number of aryl methyl sites for hydroxylation is 1. The molecule has 0 spiro atoms. The maximum Gasteiger partial charge on any atom is 0.306 e. The van der Waals surface area contributed by atoms with Crippen LogP contribution in [0.2, 0.25) is 0 Å². The minimum absolute atomic E-state index is 0.0729. The third kappa shape index (κ3) is 4.16. The second kappa shape index (κ2) is 9.02. The summed E-state index contributed by atoms with van der Waals surface area (Å²) in [6.07, 6.45) is 6.24. The largest absolute Gasteiger partial charge is 0.493 e. The van der Waals surface area contributed by atoms with Gasteiger partial charge < -0.3 is 18.9 Å². The number of hydrogen-bond donors (Lipinski definition) is 0.